The number of benzene rings is 6. The van der Waals surface area contributed by atoms with Crippen molar-refractivity contribution in [2.45, 2.75) is 12.4 Å². The number of ether oxygens (including phenoxy) is 2. The van der Waals surface area contributed by atoms with Crippen molar-refractivity contribution in [2.75, 3.05) is 11.5 Å². The molecule has 0 aliphatic heterocycles. The number of anilines is 2. The van der Waals surface area contributed by atoms with Crippen LogP contribution in [0, 0.1) is 0 Å². The SMILES string of the molecule is Nc1cc(C(F)(F)F)ccc1Oc1ccc2ccccc2c1-c1c(Oc2ccc(C(F)(F)F)cc2N)ccc2ccccc12. The largest absolute Gasteiger partial charge is 0.455 e. The predicted molar refractivity (Wildman–Crippen MR) is 159 cm³/mol. The van der Waals surface area contributed by atoms with E-state index in [1.807, 2.05) is 48.5 Å². The lowest BCUT2D eigenvalue weighted by Gasteiger charge is -2.21. The lowest BCUT2D eigenvalue weighted by molar-refractivity contribution is -0.138. The van der Waals surface area contributed by atoms with Crippen molar-refractivity contribution in [2.24, 2.45) is 0 Å². The van der Waals surface area contributed by atoms with Gasteiger partial charge in [0.1, 0.15) is 23.0 Å². The van der Waals surface area contributed by atoms with Crippen molar-refractivity contribution < 1.29 is 35.8 Å². The first-order valence-corrected chi connectivity index (χ1v) is 13.2. The number of alkyl halides is 6. The van der Waals surface area contributed by atoms with Crippen molar-refractivity contribution >= 4 is 32.9 Å². The summed E-state index contributed by atoms with van der Waals surface area (Å²) >= 11 is 0. The summed E-state index contributed by atoms with van der Waals surface area (Å²) in [5, 5.41) is 3.08. The normalized spacial score (nSPS) is 12.0. The summed E-state index contributed by atoms with van der Waals surface area (Å²) in [5.41, 5.74) is 10.8. The molecule has 0 fully saturated rings. The fourth-order valence-electron chi connectivity index (χ4n) is 5.06. The van der Waals surface area contributed by atoms with Crippen molar-refractivity contribution in [3.8, 4) is 34.1 Å². The zero-order valence-electron chi connectivity index (χ0n) is 22.6. The van der Waals surface area contributed by atoms with Gasteiger partial charge in [-0.3, -0.25) is 0 Å². The summed E-state index contributed by atoms with van der Waals surface area (Å²) in [6.07, 6.45) is -9.17. The fraction of sp³-hybridized carbons (Fsp3) is 0.0588. The van der Waals surface area contributed by atoms with E-state index in [1.54, 1.807) is 24.3 Å². The Bertz CT molecular complexity index is 1890. The first-order valence-electron chi connectivity index (χ1n) is 13.2. The van der Waals surface area contributed by atoms with Gasteiger partial charge in [0, 0.05) is 11.1 Å². The summed E-state index contributed by atoms with van der Waals surface area (Å²) in [6.45, 7) is 0. The minimum absolute atomic E-state index is 0.00391. The number of halogens is 6. The minimum atomic E-state index is -4.59. The van der Waals surface area contributed by atoms with Crippen LogP contribution in [0.5, 0.6) is 23.0 Å². The van der Waals surface area contributed by atoms with Gasteiger partial charge in [-0.1, -0.05) is 60.7 Å². The molecular weight excluding hydrogens is 582 g/mol. The molecule has 10 heteroatoms. The summed E-state index contributed by atoms with van der Waals surface area (Å²) in [4.78, 5) is 0. The molecule has 0 radical (unpaired) electrons. The number of nitrogen functional groups attached to an aromatic ring is 2. The lowest BCUT2D eigenvalue weighted by atomic mass is 9.92. The molecule has 0 bridgehead atoms. The second kappa shape index (κ2) is 10.7. The molecule has 44 heavy (non-hydrogen) atoms. The van der Waals surface area contributed by atoms with Crippen LogP contribution in [0.15, 0.2) is 109 Å². The van der Waals surface area contributed by atoms with E-state index in [1.165, 1.54) is 0 Å². The number of hydrogen-bond donors (Lipinski definition) is 2. The third-order valence-corrected chi connectivity index (χ3v) is 7.15. The summed E-state index contributed by atoms with van der Waals surface area (Å²) in [6, 6.07) is 27.4. The van der Waals surface area contributed by atoms with Gasteiger partial charge in [0.25, 0.3) is 0 Å². The van der Waals surface area contributed by atoms with E-state index >= 15 is 0 Å². The Labute approximate surface area is 247 Å². The van der Waals surface area contributed by atoms with Crippen molar-refractivity contribution in [1.29, 1.82) is 0 Å². The van der Waals surface area contributed by atoms with Crippen molar-refractivity contribution in [1.82, 2.24) is 0 Å². The number of fused-ring (bicyclic) bond motifs is 2. The number of nitrogens with two attached hydrogens (primary N) is 2. The molecular formula is C34H22F6N2O2. The summed E-state index contributed by atoms with van der Waals surface area (Å²) in [5.74, 6) is 0.530. The van der Waals surface area contributed by atoms with Crippen LogP contribution in [-0.4, -0.2) is 0 Å². The van der Waals surface area contributed by atoms with E-state index in [2.05, 4.69) is 0 Å². The molecule has 6 rings (SSSR count). The van der Waals surface area contributed by atoms with E-state index in [-0.39, 0.29) is 34.4 Å². The first kappa shape index (κ1) is 28.7. The van der Waals surface area contributed by atoms with Gasteiger partial charge in [-0.15, -0.1) is 0 Å². The maximum atomic E-state index is 13.3. The number of hydrogen-bond acceptors (Lipinski definition) is 4. The second-order valence-electron chi connectivity index (χ2n) is 10.0. The molecule has 0 saturated heterocycles. The Hall–Kier alpha value is -5.38. The monoisotopic (exact) mass is 604 g/mol. The molecule has 6 aromatic carbocycles. The molecule has 0 atom stereocenters. The van der Waals surface area contributed by atoms with Crippen LogP contribution in [0.3, 0.4) is 0 Å². The third kappa shape index (κ3) is 5.42. The first-order chi connectivity index (χ1) is 20.9. The van der Waals surface area contributed by atoms with Gasteiger partial charge in [0.05, 0.1) is 22.5 Å². The fourth-order valence-corrected chi connectivity index (χ4v) is 5.06. The maximum Gasteiger partial charge on any atom is 0.416 e. The minimum Gasteiger partial charge on any atom is -0.455 e. The summed E-state index contributed by atoms with van der Waals surface area (Å²) < 4.78 is 92.2. The van der Waals surface area contributed by atoms with Gasteiger partial charge in [-0.25, -0.2) is 0 Å². The van der Waals surface area contributed by atoms with Gasteiger partial charge < -0.3 is 20.9 Å². The van der Waals surface area contributed by atoms with Crippen LogP contribution in [-0.2, 0) is 12.4 Å². The summed E-state index contributed by atoms with van der Waals surface area (Å²) in [7, 11) is 0. The van der Waals surface area contributed by atoms with E-state index in [0.717, 1.165) is 57.9 Å². The Balaban J connectivity index is 1.57. The molecule has 0 aliphatic rings. The topological polar surface area (TPSA) is 70.5 Å². The molecule has 0 spiro atoms. The van der Waals surface area contributed by atoms with Gasteiger partial charge >= 0.3 is 12.4 Å². The highest BCUT2D eigenvalue weighted by Gasteiger charge is 2.32. The van der Waals surface area contributed by atoms with Crippen LogP contribution in [0.4, 0.5) is 37.7 Å². The molecule has 0 aromatic heterocycles. The molecule has 4 nitrogen and oxygen atoms in total. The second-order valence-corrected chi connectivity index (χ2v) is 10.0. The average molecular weight is 605 g/mol. The zero-order chi connectivity index (χ0) is 31.2. The van der Waals surface area contributed by atoms with Gasteiger partial charge in [-0.2, -0.15) is 26.3 Å². The lowest BCUT2D eigenvalue weighted by Crippen LogP contribution is -2.06. The average Bonchev–Trinajstić information content (AvgIpc) is 2.98. The highest BCUT2D eigenvalue weighted by atomic mass is 19.4. The highest BCUT2D eigenvalue weighted by Crippen LogP contribution is 2.49. The van der Waals surface area contributed by atoms with E-state index in [9.17, 15) is 26.3 Å². The Morgan fingerprint density at radius 2 is 0.795 bits per heavy atom. The quantitative estimate of drug-likeness (QED) is 0.152. The van der Waals surface area contributed by atoms with E-state index < -0.39 is 23.5 Å². The van der Waals surface area contributed by atoms with Crippen LogP contribution in [0.2, 0.25) is 0 Å². The highest BCUT2D eigenvalue weighted by molar-refractivity contribution is 6.10. The zero-order valence-corrected chi connectivity index (χ0v) is 22.6. The third-order valence-electron chi connectivity index (χ3n) is 7.15. The molecule has 0 unspecified atom stereocenters. The van der Waals surface area contributed by atoms with Crippen molar-refractivity contribution in [3.63, 3.8) is 0 Å². The van der Waals surface area contributed by atoms with Crippen molar-refractivity contribution in [3.05, 3.63) is 120 Å². The van der Waals surface area contributed by atoms with Gasteiger partial charge in [0.2, 0.25) is 0 Å². The van der Waals surface area contributed by atoms with Crippen LogP contribution < -0.4 is 20.9 Å². The smallest absolute Gasteiger partial charge is 0.416 e. The Morgan fingerprint density at radius 1 is 0.432 bits per heavy atom. The van der Waals surface area contributed by atoms with Crippen LogP contribution in [0.25, 0.3) is 32.7 Å². The molecule has 6 aromatic rings. The number of rotatable bonds is 5. The Morgan fingerprint density at radius 3 is 1.16 bits per heavy atom. The maximum absolute atomic E-state index is 13.3. The van der Waals surface area contributed by atoms with Gasteiger partial charge in [0.15, 0.2) is 0 Å². The molecule has 0 amide bonds. The predicted octanol–water partition coefficient (Wildman–Crippen LogP) is 10.4. The molecule has 0 saturated carbocycles. The van der Waals surface area contributed by atoms with Crippen LogP contribution >= 0.6 is 0 Å². The van der Waals surface area contributed by atoms with E-state index in [0.29, 0.717) is 11.1 Å². The van der Waals surface area contributed by atoms with Gasteiger partial charge in [-0.05, 0) is 70.1 Å². The standard InChI is InChI=1S/C34H22F6N2O2/c35-33(36,37)21-11-15-27(25(41)17-21)43-29-13-9-19-5-1-3-7-23(19)31(29)32-24-8-4-2-6-20(24)10-14-30(32)44-28-16-12-22(18-26(28)42)34(38,39)40/h1-18H,41-42H2. The van der Waals surface area contributed by atoms with Crippen LogP contribution in [0.1, 0.15) is 11.1 Å². The molecule has 4 N–H and O–H groups in total. The van der Waals surface area contributed by atoms with E-state index in [4.69, 9.17) is 20.9 Å². The molecule has 222 valence electrons. The molecule has 0 heterocycles. The Kier molecular flexibility index (Phi) is 6.99. The molecule has 0 aliphatic carbocycles.